The predicted octanol–water partition coefficient (Wildman–Crippen LogP) is 4.62. The summed E-state index contributed by atoms with van der Waals surface area (Å²) in [5.41, 5.74) is 3.43. The SMILES string of the molecule is COC(=O)c1ccc(C2Oc3ccccc3C3CC(c4ccc(C)o4)=NN32)cc1. The quantitative estimate of drug-likeness (QED) is 0.613. The molecule has 6 heteroatoms. The number of hydrogen-bond donors (Lipinski definition) is 0. The Hall–Kier alpha value is -3.54. The molecular weight excluding hydrogens is 368 g/mol. The molecule has 2 atom stereocenters. The van der Waals surface area contributed by atoms with E-state index in [1.807, 2.05) is 54.4 Å². The van der Waals surface area contributed by atoms with Gasteiger partial charge in [-0.2, -0.15) is 5.10 Å². The van der Waals surface area contributed by atoms with Crippen LogP contribution in [0.15, 0.2) is 70.2 Å². The summed E-state index contributed by atoms with van der Waals surface area (Å²) in [6.07, 6.45) is 0.347. The van der Waals surface area contributed by atoms with Crippen LogP contribution in [0.2, 0.25) is 0 Å². The zero-order valence-electron chi connectivity index (χ0n) is 16.2. The lowest BCUT2D eigenvalue weighted by atomic mass is 9.97. The van der Waals surface area contributed by atoms with Gasteiger partial charge in [-0.05, 0) is 37.3 Å². The third kappa shape index (κ3) is 2.97. The second kappa shape index (κ2) is 6.81. The summed E-state index contributed by atoms with van der Waals surface area (Å²) < 4.78 is 16.9. The number of ether oxygens (including phenoxy) is 2. The molecule has 3 aromatic rings. The van der Waals surface area contributed by atoms with Crippen molar-refractivity contribution in [2.75, 3.05) is 7.11 Å². The van der Waals surface area contributed by atoms with Crippen molar-refractivity contribution in [3.8, 4) is 5.75 Å². The van der Waals surface area contributed by atoms with Gasteiger partial charge in [-0.15, -0.1) is 0 Å². The summed E-state index contributed by atoms with van der Waals surface area (Å²) >= 11 is 0. The minimum absolute atomic E-state index is 0.0608. The number of hydrogen-bond acceptors (Lipinski definition) is 6. The molecule has 0 amide bonds. The number of fused-ring (bicyclic) bond motifs is 3. The van der Waals surface area contributed by atoms with Crippen LogP contribution in [0.4, 0.5) is 0 Å². The van der Waals surface area contributed by atoms with Crippen LogP contribution in [0.3, 0.4) is 0 Å². The zero-order valence-corrected chi connectivity index (χ0v) is 16.2. The number of hydrazone groups is 1. The van der Waals surface area contributed by atoms with E-state index in [2.05, 4.69) is 6.07 Å². The topological polar surface area (TPSA) is 64.3 Å². The van der Waals surface area contributed by atoms with Gasteiger partial charge in [-0.25, -0.2) is 9.80 Å². The smallest absolute Gasteiger partial charge is 0.337 e. The lowest BCUT2D eigenvalue weighted by Gasteiger charge is -2.38. The van der Waals surface area contributed by atoms with E-state index < -0.39 is 6.23 Å². The van der Waals surface area contributed by atoms with Gasteiger partial charge in [0.05, 0.1) is 18.7 Å². The maximum atomic E-state index is 11.8. The highest BCUT2D eigenvalue weighted by molar-refractivity contribution is 5.99. The van der Waals surface area contributed by atoms with E-state index in [1.54, 1.807) is 12.1 Å². The molecule has 0 saturated heterocycles. The standard InChI is InChI=1S/C23H20N2O4/c1-14-7-12-21(28-14)18-13-19-17-5-3-4-6-20(17)29-22(25(19)24-18)15-8-10-16(11-9-15)23(26)27-2/h3-12,19,22H,13H2,1-2H3. The van der Waals surface area contributed by atoms with Gasteiger partial charge in [0.2, 0.25) is 6.23 Å². The van der Waals surface area contributed by atoms with Crippen molar-refractivity contribution in [2.45, 2.75) is 25.6 Å². The summed E-state index contributed by atoms with van der Waals surface area (Å²) in [6.45, 7) is 1.93. The molecule has 0 fully saturated rings. The first kappa shape index (κ1) is 17.6. The lowest BCUT2D eigenvalue weighted by Crippen LogP contribution is -2.33. The Morgan fingerprint density at radius 1 is 1.10 bits per heavy atom. The molecule has 3 heterocycles. The number of methoxy groups -OCH3 is 1. The summed E-state index contributed by atoms with van der Waals surface area (Å²) in [5, 5.41) is 6.85. The highest BCUT2D eigenvalue weighted by Crippen LogP contribution is 2.47. The Balaban J connectivity index is 1.54. The summed E-state index contributed by atoms with van der Waals surface area (Å²) in [7, 11) is 1.37. The van der Waals surface area contributed by atoms with Crippen LogP contribution < -0.4 is 4.74 Å². The molecule has 0 bridgehead atoms. The van der Waals surface area contributed by atoms with Crippen LogP contribution in [-0.2, 0) is 4.74 Å². The second-order valence-electron chi connectivity index (χ2n) is 7.18. The predicted molar refractivity (Wildman–Crippen MR) is 107 cm³/mol. The first-order valence-electron chi connectivity index (χ1n) is 9.50. The maximum Gasteiger partial charge on any atom is 0.337 e. The molecule has 0 radical (unpaired) electrons. The van der Waals surface area contributed by atoms with E-state index in [1.165, 1.54) is 7.11 Å². The molecule has 2 aliphatic rings. The van der Waals surface area contributed by atoms with Crippen molar-refractivity contribution in [3.05, 3.63) is 88.9 Å². The first-order valence-corrected chi connectivity index (χ1v) is 9.50. The zero-order chi connectivity index (χ0) is 20.0. The highest BCUT2D eigenvalue weighted by Gasteiger charge is 2.41. The van der Waals surface area contributed by atoms with E-state index in [9.17, 15) is 4.79 Å². The summed E-state index contributed by atoms with van der Waals surface area (Å²) in [4.78, 5) is 11.8. The number of nitrogens with zero attached hydrogens (tertiary/aromatic N) is 2. The van der Waals surface area contributed by atoms with Crippen molar-refractivity contribution < 1.29 is 18.7 Å². The van der Waals surface area contributed by atoms with Crippen molar-refractivity contribution >= 4 is 11.7 Å². The average Bonchev–Trinajstić information content (AvgIpc) is 3.39. The second-order valence-corrected chi connectivity index (χ2v) is 7.18. The molecule has 2 aromatic carbocycles. The minimum Gasteiger partial charge on any atom is -0.465 e. The highest BCUT2D eigenvalue weighted by atomic mass is 16.5. The van der Waals surface area contributed by atoms with Crippen molar-refractivity contribution in [3.63, 3.8) is 0 Å². The maximum absolute atomic E-state index is 11.8. The van der Waals surface area contributed by atoms with Crippen LogP contribution in [0.25, 0.3) is 0 Å². The number of benzene rings is 2. The Kier molecular flexibility index (Phi) is 4.12. The minimum atomic E-state index is -0.393. The van der Waals surface area contributed by atoms with Gasteiger partial charge in [-0.3, -0.25) is 0 Å². The average molecular weight is 388 g/mol. The number of aryl methyl sites for hydroxylation is 1. The molecular formula is C23H20N2O4. The number of carbonyl (C=O) groups is 1. The molecule has 0 spiro atoms. The summed E-state index contributed by atoms with van der Waals surface area (Å²) in [5.74, 6) is 2.13. The van der Waals surface area contributed by atoms with Gasteiger partial charge < -0.3 is 13.9 Å². The molecule has 2 aliphatic heterocycles. The Morgan fingerprint density at radius 3 is 2.62 bits per heavy atom. The van der Waals surface area contributed by atoms with E-state index in [-0.39, 0.29) is 12.0 Å². The Bertz CT molecular complexity index is 1100. The van der Waals surface area contributed by atoms with Crippen molar-refractivity contribution in [2.24, 2.45) is 5.10 Å². The number of rotatable bonds is 3. The molecule has 29 heavy (non-hydrogen) atoms. The van der Waals surface area contributed by atoms with Crippen molar-refractivity contribution in [1.82, 2.24) is 5.01 Å². The number of carbonyl (C=O) groups excluding carboxylic acids is 1. The Labute approximate surface area is 168 Å². The van der Waals surface area contributed by atoms with Gasteiger partial charge in [-0.1, -0.05) is 30.3 Å². The molecule has 6 nitrogen and oxygen atoms in total. The molecule has 0 aliphatic carbocycles. The molecule has 2 unspecified atom stereocenters. The van der Waals surface area contributed by atoms with E-state index >= 15 is 0 Å². The fraction of sp³-hybridized carbons (Fsp3) is 0.217. The largest absolute Gasteiger partial charge is 0.465 e. The van der Waals surface area contributed by atoms with Crippen LogP contribution >= 0.6 is 0 Å². The normalized spacial score (nSPS) is 19.8. The number of esters is 1. The van der Waals surface area contributed by atoms with Crippen LogP contribution in [0.5, 0.6) is 5.75 Å². The molecule has 0 N–H and O–H groups in total. The molecule has 1 aromatic heterocycles. The molecule has 0 saturated carbocycles. The first-order chi connectivity index (χ1) is 14.1. The number of para-hydroxylation sites is 1. The molecule has 146 valence electrons. The fourth-order valence-corrected chi connectivity index (χ4v) is 3.89. The van der Waals surface area contributed by atoms with Crippen LogP contribution in [0, 0.1) is 6.92 Å². The molecule has 5 rings (SSSR count). The van der Waals surface area contributed by atoms with E-state index in [0.717, 1.165) is 40.5 Å². The van der Waals surface area contributed by atoms with E-state index in [0.29, 0.717) is 5.56 Å². The number of furan rings is 1. The van der Waals surface area contributed by atoms with Gasteiger partial charge >= 0.3 is 5.97 Å². The monoisotopic (exact) mass is 388 g/mol. The third-order valence-corrected chi connectivity index (χ3v) is 5.34. The Morgan fingerprint density at radius 2 is 1.90 bits per heavy atom. The van der Waals surface area contributed by atoms with Crippen LogP contribution in [-0.4, -0.2) is 23.8 Å². The fourth-order valence-electron chi connectivity index (χ4n) is 3.89. The summed E-state index contributed by atoms with van der Waals surface area (Å²) in [6, 6.07) is 19.3. The lowest BCUT2D eigenvalue weighted by molar-refractivity contribution is -0.0190. The van der Waals surface area contributed by atoms with Crippen molar-refractivity contribution in [1.29, 1.82) is 0 Å². The van der Waals surface area contributed by atoms with Gasteiger partial charge in [0.1, 0.15) is 23.0 Å². The van der Waals surface area contributed by atoms with Gasteiger partial charge in [0.15, 0.2) is 0 Å². The van der Waals surface area contributed by atoms with Gasteiger partial charge in [0, 0.05) is 17.5 Å². The van der Waals surface area contributed by atoms with Crippen LogP contribution in [0.1, 0.15) is 51.7 Å². The third-order valence-electron chi connectivity index (χ3n) is 5.34. The van der Waals surface area contributed by atoms with Gasteiger partial charge in [0.25, 0.3) is 0 Å². The van der Waals surface area contributed by atoms with E-state index in [4.69, 9.17) is 19.0 Å².